The Morgan fingerprint density at radius 1 is 1.12 bits per heavy atom. The fourth-order valence-electron chi connectivity index (χ4n) is 2.97. The van der Waals surface area contributed by atoms with E-state index in [1.54, 1.807) is 11.6 Å². The van der Waals surface area contributed by atoms with Crippen LogP contribution in [-0.2, 0) is 6.54 Å². The first kappa shape index (κ1) is 18.2. The van der Waals surface area contributed by atoms with E-state index < -0.39 is 0 Å². The van der Waals surface area contributed by atoms with Crippen LogP contribution in [0.25, 0.3) is 0 Å². The first-order chi connectivity index (χ1) is 12.5. The standard InChI is InChI=1S/C21H22ClN3O/c1-14(2)17-11-7-8-12-18(17)23-21(26)19-15(3)24-25(20(19)22)13-16-9-5-4-6-10-16/h4-12,14H,13H2,1-3H3,(H,23,26). The number of rotatable bonds is 5. The van der Waals surface area contributed by atoms with Crippen molar-refractivity contribution in [2.24, 2.45) is 0 Å². The van der Waals surface area contributed by atoms with E-state index in [1.807, 2.05) is 54.6 Å². The van der Waals surface area contributed by atoms with Gasteiger partial charge in [-0.15, -0.1) is 0 Å². The highest BCUT2D eigenvalue weighted by atomic mass is 35.5. The third-order valence-corrected chi connectivity index (χ3v) is 4.68. The second kappa shape index (κ2) is 7.75. The van der Waals surface area contributed by atoms with Crippen molar-refractivity contribution < 1.29 is 4.79 Å². The Morgan fingerprint density at radius 2 is 1.77 bits per heavy atom. The van der Waals surface area contributed by atoms with E-state index in [9.17, 15) is 4.79 Å². The number of aryl methyl sites for hydroxylation is 1. The molecule has 0 aliphatic heterocycles. The van der Waals surface area contributed by atoms with Crippen LogP contribution in [0.5, 0.6) is 0 Å². The van der Waals surface area contributed by atoms with Gasteiger partial charge >= 0.3 is 0 Å². The lowest BCUT2D eigenvalue weighted by atomic mass is 10.0. The van der Waals surface area contributed by atoms with Crippen LogP contribution < -0.4 is 5.32 Å². The SMILES string of the molecule is Cc1nn(Cc2ccccc2)c(Cl)c1C(=O)Nc1ccccc1C(C)C. The van der Waals surface area contributed by atoms with Crippen molar-refractivity contribution in [1.82, 2.24) is 9.78 Å². The van der Waals surface area contributed by atoms with Crippen molar-refractivity contribution in [3.63, 3.8) is 0 Å². The van der Waals surface area contributed by atoms with Crippen LogP contribution in [0.2, 0.25) is 5.15 Å². The molecule has 3 rings (SSSR count). The van der Waals surface area contributed by atoms with E-state index in [-0.39, 0.29) is 5.91 Å². The number of halogens is 1. The quantitative estimate of drug-likeness (QED) is 0.667. The predicted octanol–water partition coefficient (Wildman–Crippen LogP) is 5.27. The third-order valence-electron chi connectivity index (χ3n) is 4.30. The van der Waals surface area contributed by atoms with Crippen molar-refractivity contribution >= 4 is 23.2 Å². The molecule has 0 saturated heterocycles. The van der Waals surface area contributed by atoms with Gasteiger partial charge in [0, 0.05) is 5.69 Å². The van der Waals surface area contributed by atoms with Gasteiger partial charge in [-0.05, 0) is 30.0 Å². The molecule has 5 heteroatoms. The van der Waals surface area contributed by atoms with Crippen molar-refractivity contribution in [2.45, 2.75) is 33.2 Å². The summed E-state index contributed by atoms with van der Waals surface area (Å²) in [5.41, 5.74) is 4.01. The van der Waals surface area contributed by atoms with Gasteiger partial charge in [0.25, 0.3) is 5.91 Å². The number of nitrogens with one attached hydrogen (secondary N) is 1. The van der Waals surface area contributed by atoms with Gasteiger partial charge < -0.3 is 5.32 Å². The molecule has 0 fully saturated rings. The Labute approximate surface area is 158 Å². The summed E-state index contributed by atoms with van der Waals surface area (Å²) in [4.78, 5) is 12.8. The lowest BCUT2D eigenvalue weighted by Gasteiger charge is -2.13. The van der Waals surface area contributed by atoms with Crippen LogP contribution >= 0.6 is 11.6 Å². The molecule has 1 aromatic heterocycles. The minimum Gasteiger partial charge on any atom is -0.322 e. The van der Waals surface area contributed by atoms with E-state index in [1.165, 1.54) is 0 Å². The number of carbonyl (C=O) groups excluding carboxylic acids is 1. The fraction of sp³-hybridized carbons (Fsp3) is 0.238. The largest absolute Gasteiger partial charge is 0.322 e. The zero-order valence-electron chi connectivity index (χ0n) is 15.2. The van der Waals surface area contributed by atoms with Gasteiger partial charge in [-0.1, -0.05) is 74.0 Å². The third kappa shape index (κ3) is 3.81. The second-order valence-corrected chi connectivity index (χ2v) is 6.95. The Hall–Kier alpha value is -2.59. The van der Waals surface area contributed by atoms with Gasteiger partial charge in [0.2, 0.25) is 0 Å². The number of hydrogen-bond acceptors (Lipinski definition) is 2. The predicted molar refractivity (Wildman–Crippen MR) is 106 cm³/mol. The van der Waals surface area contributed by atoms with Gasteiger partial charge in [0.05, 0.1) is 17.8 Å². The molecule has 0 radical (unpaired) electrons. The minimum atomic E-state index is -0.236. The number of anilines is 1. The molecule has 0 spiro atoms. The molecule has 0 bridgehead atoms. The average molecular weight is 368 g/mol. The summed E-state index contributed by atoms with van der Waals surface area (Å²) in [7, 11) is 0. The zero-order chi connectivity index (χ0) is 18.7. The van der Waals surface area contributed by atoms with Crippen LogP contribution in [0.1, 0.15) is 46.9 Å². The molecule has 0 aliphatic rings. The number of benzene rings is 2. The minimum absolute atomic E-state index is 0.236. The summed E-state index contributed by atoms with van der Waals surface area (Å²) in [6.07, 6.45) is 0. The molecule has 0 saturated carbocycles. The summed E-state index contributed by atoms with van der Waals surface area (Å²) in [5, 5.41) is 7.79. The van der Waals surface area contributed by atoms with E-state index in [4.69, 9.17) is 11.6 Å². The number of amides is 1. The van der Waals surface area contributed by atoms with Gasteiger partial charge in [0.15, 0.2) is 0 Å². The lowest BCUT2D eigenvalue weighted by Crippen LogP contribution is -2.15. The average Bonchev–Trinajstić information content (AvgIpc) is 2.89. The molecule has 1 amide bonds. The van der Waals surface area contributed by atoms with E-state index >= 15 is 0 Å². The molecule has 3 aromatic rings. The number of hydrogen-bond donors (Lipinski definition) is 1. The van der Waals surface area contributed by atoms with Gasteiger partial charge in [-0.3, -0.25) is 4.79 Å². The maximum atomic E-state index is 12.8. The van der Waals surface area contributed by atoms with Gasteiger partial charge in [0.1, 0.15) is 5.15 Å². The number of para-hydroxylation sites is 1. The normalized spacial score (nSPS) is 11.0. The number of carbonyl (C=O) groups is 1. The van der Waals surface area contributed by atoms with Crippen LogP contribution in [0.4, 0.5) is 5.69 Å². The molecule has 0 atom stereocenters. The number of aromatic nitrogens is 2. The maximum absolute atomic E-state index is 12.8. The first-order valence-electron chi connectivity index (χ1n) is 8.64. The highest BCUT2D eigenvalue weighted by molar-refractivity contribution is 6.33. The molecule has 1 heterocycles. The Balaban J connectivity index is 1.87. The summed E-state index contributed by atoms with van der Waals surface area (Å²) in [6, 6.07) is 17.7. The number of nitrogens with zero attached hydrogens (tertiary/aromatic N) is 2. The van der Waals surface area contributed by atoms with Crippen LogP contribution in [0.3, 0.4) is 0 Å². The van der Waals surface area contributed by atoms with Gasteiger partial charge in [-0.25, -0.2) is 4.68 Å². The van der Waals surface area contributed by atoms with Crippen molar-refractivity contribution in [1.29, 1.82) is 0 Å². The molecular weight excluding hydrogens is 346 g/mol. The Morgan fingerprint density at radius 3 is 2.46 bits per heavy atom. The lowest BCUT2D eigenvalue weighted by molar-refractivity contribution is 0.102. The molecule has 134 valence electrons. The summed E-state index contributed by atoms with van der Waals surface area (Å²) in [6.45, 7) is 6.52. The summed E-state index contributed by atoms with van der Waals surface area (Å²) < 4.78 is 1.66. The van der Waals surface area contributed by atoms with Crippen LogP contribution in [0, 0.1) is 6.92 Å². The Kier molecular flexibility index (Phi) is 5.43. The Bertz CT molecular complexity index is 916. The molecular formula is C21H22ClN3O. The second-order valence-electron chi connectivity index (χ2n) is 6.59. The summed E-state index contributed by atoms with van der Waals surface area (Å²) in [5.74, 6) is 0.0729. The van der Waals surface area contributed by atoms with E-state index in [0.29, 0.717) is 28.9 Å². The molecule has 0 aliphatic carbocycles. The van der Waals surface area contributed by atoms with E-state index in [0.717, 1.165) is 16.8 Å². The smallest absolute Gasteiger partial charge is 0.260 e. The molecule has 1 N–H and O–H groups in total. The molecule has 26 heavy (non-hydrogen) atoms. The monoisotopic (exact) mass is 367 g/mol. The summed E-state index contributed by atoms with van der Waals surface area (Å²) >= 11 is 6.48. The highest BCUT2D eigenvalue weighted by Gasteiger charge is 2.21. The molecule has 2 aromatic carbocycles. The highest BCUT2D eigenvalue weighted by Crippen LogP contribution is 2.26. The van der Waals surface area contributed by atoms with Crippen molar-refractivity contribution in [3.05, 3.63) is 82.1 Å². The zero-order valence-corrected chi connectivity index (χ0v) is 15.9. The van der Waals surface area contributed by atoms with Crippen molar-refractivity contribution in [2.75, 3.05) is 5.32 Å². The van der Waals surface area contributed by atoms with Crippen LogP contribution in [0.15, 0.2) is 54.6 Å². The molecule has 0 unspecified atom stereocenters. The van der Waals surface area contributed by atoms with Crippen LogP contribution in [-0.4, -0.2) is 15.7 Å². The van der Waals surface area contributed by atoms with Crippen molar-refractivity contribution in [3.8, 4) is 0 Å². The van der Waals surface area contributed by atoms with E-state index in [2.05, 4.69) is 24.3 Å². The maximum Gasteiger partial charge on any atom is 0.260 e. The first-order valence-corrected chi connectivity index (χ1v) is 9.02. The fourth-order valence-corrected chi connectivity index (χ4v) is 3.29. The topological polar surface area (TPSA) is 46.9 Å². The van der Waals surface area contributed by atoms with Gasteiger partial charge in [-0.2, -0.15) is 5.10 Å². The molecule has 4 nitrogen and oxygen atoms in total.